The first-order chi connectivity index (χ1) is 14.2. The molecule has 0 saturated carbocycles. The van der Waals surface area contributed by atoms with Crippen LogP contribution < -0.4 is 15.4 Å². The lowest BCUT2D eigenvalue weighted by atomic mass is 10.0. The Kier molecular flexibility index (Phi) is 5.35. The van der Waals surface area contributed by atoms with Gasteiger partial charge in [0.15, 0.2) is 5.13 Å². The van der Waals surface area contributed by atoms with Crippen molar-refractivity contribution >= 4 is 32.7 Å². The molecular weight excluding hydrogens is 386 g/mol. The summed E-state index contributed by atoms with van der Waals surface area (Å²) in [6, 6.07) is 11.5. The minimum absolute atomic E-state index is 0.269. The molecule has 3 heterocycles. The Hall–Kier alpha value is -3.52. The van der Waals surface area contributed by atoms with Gasteiger partial charge in [0, 0.05) is 47.9 Å². The number of carbonyl (C=O) groups is 1. The van der Waals surface area contributed by atoms with Gasteiger partial charge in [0.2, 0.25) is 5.88 Å². The molecule has 0 atom stereocenters. The number of methoxy groups -OCH3 is 1. The maximum atomic E-state index is 11.9. The van der Waals surface area contributed by atoms with E-state index in [2.05, 4.69) is 31.7 Å². The van der Waals surface area contributed by atoms with Crippen LogP contribution in [0.15, 0.2) is 55.0 Å². The first-order valence-electron chi connectivity index (χ1n) is 9.08. The molecule has 146 valence electrons. The Balaban J connectivity index is 1.84. The Labute approximate surface area is 171 Å². The average Bonchev–Trinajstić information content (AvgIpc) is 3.16. The van der Waals surface area contributed by atoms with E-state index in [9.17, 15) is 4.79 Å². The number of nitrogens with zero attached hydrogens (tertiary/aromatic N) is 3. The van der Waals surface area contributed by atoms with Crippen LogP contribution in [0, 0.1) is 0 Å². The summed E-state index contributed by atoms with van der Waals surface area (Å²) in [5.74, 6) is 0.560. The molecule has 1 aromatic carbocycles. The summed E-state index contributed by atoms with van der Waals surface area (Å²) in [5.41, 5.74) is 4.70. The van der Waals surface area contributed by atoms with Crippen molar-refractivity contribution in [3.05, 3.63) is 55.0 Å². The molecule has 4 aromatic rings. The predicted octanol–water partition coefficient (Wildman–Crippen LogP) is 4.57. The van der Waals surface area contributed by atoms with Crippen LogP contribution in [0.3, 0.4) is 0 Å². The first-order valence-corrected chi connectivity index (χ1v) is 9.90. The van der Waals surface area contributed by atoms with E-state index in [1.54, 1.807) is 19.5 Å². The number of anilines is 1. The number of carbonyl (C=O) groups excluding carboxylic acids is 1. The van der Waals surface area contributed by atoms with Crippen LogP contribution in [-0.2, 0) is 0 Å². The highest BCUT2D eigenvalue weighted by atomic mass is 32.1. The SMILES string of the molecule is CCNC(=O)Nc1nc2cc(-c3ccc(OC)nc3)cc(-c3cccnc3)c2s1. The highest BCUT2D eigenvalue weighted by Crippen LogP contribution is 2.38. The Morgan fingerprint density at radius 1 is 1.14 bits per heavy atom. The minimum atomic E-state index is -0.269. The summed E-state index contributed by atoms with van der Waals surface area (Å²) in [5, 5.41) is 6.06. The number of ether oxygens (including phenoxy) is 1. The minimum Gasteiger partial charge on any atom is -0.481 e. The van der Waals surface area contributed by atoms with Crippen molar-refractivity contribution in [3.8, 4) is 28.1 Å². The van der Waals surface area contributed by atoms with Gasteiger partial charge in [-0.05, 0) is 36.8 Å². The molecule has 2 amide bonds. The van der Waals surface area contributed by atoms with E-state index in [-0.39, 0.29) is 6.03 Å². The van der Waals surface area contributed by atoms with Gasteiger partial charge >= 0.3 is 6.03 Å². The van der Waals surface area contributed by atoms with Crippen LogP contribution in [0.5, 0.6) is 5.88 Å². The van der Waals surface area contributed by atoms with E-state index in [1.165, 1.54) is 11.3 Å². The monoisotopic (exact) mass is 405 g/mol. The van der Waals surface area contributed by atoms with Crippen LogP contribution in [-0.4, -0.2) is 34.6 Å². The quantitative estimate of drug-likeness (QED) is 0.508. The normalized spacial score (nSPS) is 10.7. The van der Waals surface area contributed by atoms with E-state index in [4.69, 9.17) is 4.74 Å². The third kappa shape index (κ3) is 4.02. The molecule has 0 saturated heterocycles. The predicted molar refractivity (Wildman–Crippen MR) is 115 cm³/mol. The number of rotatable bonds is 5. The summed E-state index contributed by atoms with van der Waals surface area (Å²) < 4.78 is 6.13. The molecule has 8 heteroatoms. The molecule has 0 aliphatic rings. The summed E-state index contributed by atoms with van der Waals surface area (Å²) in [6.07, 6.45) is 5.33. The zero-order valence-electron chi connectivity index (χ0n) is 16.0. The third-order valence-electron chi connectivity index (χ3n) is 4.30. The van der Waals surface area contributed by atoms with E-state index in [0.717, 1.165) is 32.5 Å². The second-order valence-electron chi connectivity index (χ2n) is 6.21. The number of fused-ring (bicyclic) bond motifs is 1. The van der Waals surface area contributed by atoms with Crippen LogP contribution in [0.2, 0.25) is 0 Å². The van der Waals surface area contributed by atoms with Crippen molar-refractivity contribution < 1.29 is 9.53 Å². The first kappa shape index (κ1) is 18.8. The number of benzene rings is 1. The number of nitrogens with one attached hydrogen (secondary N) is 2. The molecule has 0 unspecified atom stereocenters. The highest BCUT2D eigenvalue weighted by Gasteiger charge is 2.14. The van der Waals surface area contributed by atoms with Crippen LogP contribution in [0.1, 0.15) is 6.92 Å². The van der Waals surface area contributed by atoms with Crippen LogP contribution in [0.4, 0.5) is 9.93 Å². The van der Waals surface area contributed by atoms with Crippen molar-refractivity contribution in [2.75, 3.05) is 19.0 Å². The highest BCUT2D eigenvalue weighted by molar-refractivity contribution is 7.22. The molecule has 0 radical (unpaired) electrons. The number of urea groups is 1. The summed E-state index contributed by atoms with van der Waals surface area (Å²) >= 11 is 1.44. The topological polar surface area (TPSA) is 89.0 Å². The lowest BCUT2D eigenvalue weighted by Crippen LogP contribution is -2.28. The van der Waals surface area contributed by atoms with E-state index in [0.29, 0.717) is 17.6 Å². The smallest absolute Gasteiger partial charge is 0.321 e. The van der Waals surface area contributed by atoms with Gasteiger partial charge in [0.05, 0.1) is 17.3 Å². The van der Waals surface area contributed by atoms with Crippen molar-refractivity contribution in [3.63, 3.8) is 0 Å². The van der Waals surface area contributed by atoms with Gasteiger partial charge < -0.3 is 10.1 Å². The number of amides is 2. The number of thiazole rings is 1. The molecule has 0 aliphatic carbocycles. The fraction of sp³-hybridized carbons (Fsp3) is 0.143. The van der Waals surface area contributed by atoms with E-state index >= 15 is 0 Å². The second-order valence-corrected chi connectivity index (χ2v) is 7.21. The number of hydrogen-bond donors (Lipinski definition) is 2. The van der Waals surface area contributed by atoms with Gasteiger partial charge in [-0.3, -0.25) is 10.3 Å². The standard InChI is InChI=1S/C21H19N5O2S/c1-3-23-20(27)26-21-25-17-10-15(13-6-7-18(28-2)24-12-13)9-16(19(17)29-21)14-5-4-8-22-11-14/h4-12H,3H2,1-2H3,(H2,23,25,26,27). The molecule has 7 nitrogen and oxygen atoms in total. The molecule has 4 rings (SSSR count). The van der Waals surface area contributed by atoms with Crippen molar-refractivity contribution in [2.24, 2.45) is 0 Å². The molecule has 0 fully saturated rings. The fourth-order valence-corrected chi connectivity index (χ4v) is 3.94. The molecule has 29 heavy (non-hydrogen) atoms. The van der Waals surface area contributed by atoms with Gasteiger partial charge in [-0.1, -0.05) is 17.4 Å². The fourth-order valence-electron chi connectivity index (χ4n) is 2.96. The Morgan fingerprint density at radius 2 is 2.03 bits per heavy atom. The Morgan fingerprint density at radius 3 is 2.72 bits per heavy atom. The molecule has 3 aromatic heterocycles. The van der Waals surface area contributed by atoms with Crippen LogP contribution >= 0.6 is 11.3 Å². The zero-order chi connectivity index (χ0) is 20.2. The Bertz CT molecular complexity index is 1140. The molecular formula is C21H19N5O2S. The third-order valence-corrected chi connectivity index (χ3v) is 5.32. The number of pyridine rings is 2. The summed E-state index contributed by atoms with van der Waals surface area (Å²) in [4.78, 5) is 25.1. The lowest BCUT2D eigenvalue weighted by molar-refractivity contribution is 0.252. The average molecular weight is 405 g/mol. The molecule has 0 aliphatic heterocycles. The lowest BCUT2D eigenvalue weighted by Gasteiger charge is -2.08. The summed E-state index contributed by atoms with van der Waals surface area (Å²) in [7, 11) is 1.59. The zero-order valence-corrected chi connectivity index (χ0v) is 16.8. The maximum Gasteiger partial charge on any atom is 0.321 e. The van der Waals surface area contributed by atoms with Gasteiger partial charge in [-0.15, -0.1) is 0 Å². The van der Waals surface area contributed by atoms with Crippen molar-refractivity contribution in [2.45, 2.75) is 6.92 Å². The van der Waals surface area contributed by atoms with Crippen molar-refractivity contribution in [1.82, 2.24) is 20.3 Å². The summed E-state index contributed by atoms with van der Waals surface area (Å²) in [6.45, 7) is 2.42. The molecule has 2 N–H and O–H groups in total. The molecule has 0 bridgehead atoms. The molecule has 0 spiro atoms. The van der Waals surface area contributed by atoms with Crippen LogP contribution in [0.25, 0.3) is 32.5 Å². The van der Waals surface area contributed by atoms with Gasteiger partial charge in [-0.25, -0.2) is 14.8 Å². The number of aromatic nitrogens is 3. The number of hydrogen-bond acceptors (Lipinski definition) is 6. The van der Waals surface area contributed by atoms with Crippen molar-refractivity contribution in [1.29, 1.82) is 0 Å². The van der Waals surface area contributed by atoms with E-state index in [1.807, 2.05) is 43.5 Å². The second kappa shape index (κ2) is 8.24. The van der Waals surface area contributed by atoms with Gasteiger partial charge in [0.1, 0.15) is 0 Å². The largest absolute Gasteiger partial charge is 0.481 e. The van der Waals surface area contributed by atoms with Gasteiger partial charge in [0.25, 0.3) is 0 Å². The van der Waals surface area contributed by atoms with E-state index < -0.39 is 0 Å². The maximum absolute atomic E-state index is 11.9. The van der Waals surface area contributed by atoms with Gasteiger partial charge in [-0.2, -0.15) is 0 Å².